The van der Waals surface area contributed by atoms with Gasteiger partial charge >= 0.3 is 12.0 Å². The molecule has 3 N–H and O–H groups in total. The van der Waals surface area contributed by atoms with Crippen molar-refractivity contribution in [3.05, 3.63) is 0 Å². The Balaban J connectivity index is 1.95. The molecule has 6 heteroatoms. The maximum Gasteiger partial charge on any atom is 0.315 e. The van der Waals surface area contributed by atoms with E-state index in [1.54, 1.807) is 7.11 Å². The van der Waals surface area contributed by atoms with E-state index in [4.69, 9.17) is 4.74 Å². The van der Waals surface area contributed by atoms with Crippen molar-refractivity contribution in [2.24, 2.45) is 17.8 Å². The Morgan fingerprint density at radius 3 is 2.55 bits per heavy atom. The lowest BCUT2D eigenvalue weighted by atomic mass is 9.84. The summed E-state index contributed by atoms with van der Waals surface area (Å²) in [7, 11) is 1.58. The highest BCUT2D eigenvalue weighted by Crippen LogP contribution is 2.48. The molecule has 4 unspecified atom stereocenters. The monoisotopic (exact) mass is 284 g/mol. The van der Waals surface area contributed by atoms with Crippen molar-refractivity contribution in [3.8, 4) is 0 Å². The predicted octanol–water partition coefficient (Wildman–Crippen LogP) is 1.21. The van der Waals surface area contributed by atoms with E-state index >= 15 is 0 Å². The van der Waals surface area contributed by atoms with Gasteiger partial charge in [-0.1, -0.05) is 0 Å². The van der Waals surface area contributed by atoms with Crippen LogP contribution in [-0.4, -0.2) is 42.4 Å². The van der Waals surface area contributed by atoms with Crippen molar-refractivity contribution in [3.63, 3.8) is 0 Å². The summed E-state index contributed by atoms with van der Waals surface area (Å²) >= 11 is 0. The average molecular weight is 284 g/mol. The number of hydrogen-bond donors (Lipinski definition) is 3. The van der Waals surface area contributed by atoms with Crippen molar-refractivity contribution >= 4 is 12.0 Å². The normalized spacial score (nSPS) is 32.1. The number of rotatable bonds is 5. The highest BCUT2D eigenvalue weighted by atomic mass is 16.5. The Morgan fingerprint density at radius 2 is 1.95 bits per heavy atom. The number of nitrogens with one attached hydrogen (secondary N) is 2. The number of carbonyl (C=O) groups is 2. The SMILES string of the molecule is COCC(C)(C)NC(=O)NC1C2CCC(C2)C1C(=O)O. The lowest BCUT2D eigenvalue weighted by Gasteiger charge is -2.31. The average Bonchev–Trinajstić information content (AvgIpc) is 2.87. The molecule has 20 heavy (non-hydrogen) atoms. The number of carboxylic acids is 1. The van der Waals surface area contributed by atoms with Gasteiger partial charge < -0.3 is 20.5 Å². The maximum atomic E-state index is 12.1. The molecule has 0 heterocycles. The number of amides is 2. The highest BCUT2D eigenvalue weighted by Gasteiger charge is 2.51. The Hall–Kier alpha value is -1.30. The van der Waals surface area contributed by atoms with E-state index in [0.29, 0.717) is 12.5 Å². The third-order valence-corrected chi connectivity index (χ3v) is 4.46. The molecular weight excluding hydrogens is 260 g/mol. The minimum atomic E-state index is -0.793. The zero-order valence-corrected chi connectivity index (χ0v) is 12.3. The van der Waals surface area contributed by atoms with Gasteiger partial charge in [0.05, 0.1) is 18.1 Å². The summed E-state index contributed by atoms with van der Waals surface area (Å²) < 4.78 is 5.05. The van der Waals surface area contributed by atoms with Crippen LogP contribution in [0.3, 0.4) is 0 Å². The first kappa shape index (κ1) is 15.1. The number of ether oxygens (including phenoxy) is 1. The van der Waals surface area contributed by atoms with E-state index in [1.165, 1.54) is 0 Å². The van der Waals surface area contributed by atoms with Crippen LogP contribution in [0.1, 0.15) is 33.1 Å². The molecule has 114 valence electrons. The second kappa shape index (κ2) is 5.60. The van der Waals surface area contributed by atoms with Crippen LogP contribution in [0.2, 0.25) is 0 Å². The molecule has 2 aliphatic carbocycles. The van der Waals surface area contributed by atoms with Crippen LogP contribution in [0.5, 0.6) is 0 Å². The fraction of sp³-hybridized carbons (Fsp3) is 0.857. The Morgan fingerprint density at radius 1 is 1.30 bits per heavy atom. The number of carbonyl (C=O) groups excluding carboxylic acids is 1. The maximum absolute atomic E-state index is 12.1. The lowest BCUT2D eigenvalue weighted by Crippen LogP contribution is -2.56. The molecular formula is C14H24N2O4. The van der Waals surface area contributed by atoms with Crippen molar-refractivity contribution in [2.45, 2.75) is 44.7 Å². The van der Waals surface area contributed by atoms with Crippen LogP contribution in [-0.2, 0) is 9.53 Å². The molecule has 2 aliphatic rings. The molecule has 2 rings (SSSR count). The Bertz CT molecular complexity index is 397. The molecule has 2 bridgehead atoms. The number of fused-ring (bicyclic) bond motifs is 2. The van der Waals surface area contributed by atoms with Crippen LogP contribution in [0.15, 0.2) is 0 Å². The molecule has 0 aromatic carbocycles. The van der Waals surface area contributed by atoms with Crippen LogP contribution in [0.25, 0.3) is 0 Å². The number of urea groups is 1. The van der Waals surface area contributed by atoms with Gasteiger partial charge in [0, 0.05) is 13.2 Å². The first-order valence-electron chi connectivity index (χ1n) is 7.14. The minimum Gasteiger partial charge on any atom is -0.481 e. The molecule has 0 aromatic rings. The zero-order valence-electron chi connectivity index (χ0n) is 12.3. The van der Waals surface area contributed by atoms with Crippen LogP contribution in [0, 0.1) is 17.8 Å². The summed E-state index contributed by atoms with van der Waals surface area (Å²) in [6.45, 7) is 4.14. The summed E-state index contributed by atoms with van der Waals surface area (Å²) in [5.41, 5.74) is -0.477. The van der Waals surface area contributed by atoms with Gasteiger partial charge in [-0.25, -0.2) is 4.79 Å². The van der Waals surface area contributed by atoms with Crippen molar-refractivity contribution in [1.82, 2.24) is 10.6 Å². The van der Waals surface area contributed by atoms with Gasteiger partial charge in [-0.2, -0.15) is 0 Å². The highest BCUT2D eigenvalue weighted by molar-refractivity contribution is 5.78. The number of hydrogen-bond acceptors (Lipinski definition) is 3. The molecule has 4 atom stereocenters. The summed E-state index contributed by atoms with van der Waals surface area (Å²) in [6.07, 6.45) is 2.90. The van der Waals surface area contributed by atoms with E-state index in [-0.39, 0.29) is 18.0 Å². The van der Waals surface area contributed by atoms with Gasteiger partial charge in [-0.05, 0) is 44.9 Å². The molecule has 0 saturated heterocycles. The van der Waals surface area contributed by atoms with Gasteiger partial charge in [0.25, 0.3) is 0 Å². The third-order valence-electron chi connectivity index (χ3n) is 4.46. The van der Waals surface area contributed by atoms with Crippen molar-refractivity contribution < 1.29 is 19.4 Å². The van der Waals surface area contributed by atoms with Crippen LogP contribution in [0.4, 0.5) is 4.79 Å². The van der Waals surface area contributed by atoms with Gasteiger partial charge in [-0.3, -0.25) is 4.79 Å². The van der Waals surface area contributed by atoms with Crippen molar-refractivity contribution in [2.75, 3.05) is 13.7 Å². The smallest absolute Gasteiger partial charge is 0.315 e. The second-order valence-electron chi connectivity index (χ2n) is 6.64. The summed E-state index contributed by atoms with van der Waals surface area (Å²) in [5.74, 6) is -0.712. The quantitative estimate of drug-likeness (QED) is 0.708. The predicted molar refractivity (Wildman–Crippen MR) is 73.4 cm³/mol. The van der Waals surface area contributed by atoms with E-state index in [9.17, 15) is 14.7 Å². The van der Waals surface area contributed by atoms with Gasteiger partial charge in [-0.15, -0.1) is 0 Å². The molecule has 0 aromatic heterocycles. The van der Waals surface area contributed by atoms with Crippen molar-refractivity contribution in [1.29, 1.82) is 0 Å². The molecule has 2 saturated carbocycles. The molecule has 2 fully saturated rings. The topological polar surface area (TPSA) is 87.7 Å². The molecule has 0 radical (unpaired) electrons. The third kappa shape index (κ3) is 3.06. The van der Waals surface area contributed by atoms with Gasteiger partial charge in [0.1, 0.15) is 0 Å². The molecule has 6 nitrogen and oxygen atoms in total. The first-order chi connectivity index (χ1) is 9.34. The van der Waals surface area contributed by atoms with E-state index < -0.39 is 17.4 Å². The summed E-state index contributed by atoms with van der Waals surface area (Å²) in [6, 6.07) is -0.555. The van der Waals surface area contributed by atoms with Gasteiger partial charge in [0.15, 0.2) is 0 Å². The lowest BCUT2D eigenvalue weighted by molar-refractivity contribution is -0.144. The van der Waals surface area contributed by atoms with E-state index in [0.717, 1.165) is 19.3 Å². The number of carboxylic acid groups (broad SMARTS) is 1. The largest absolute Gasteiger partial charge is 0.481 e. The standard InChI is InChI=1S/C14H24N2O4/c1-14(2,7-20-3)16-13(19)15-11-9-5-4-8(6-9)10(11)12(17)18/h8-11H,4-7H2,1-3H3,(H,17,18)(H2,15,16,19). The fourth-order valence-electron chi connectivity index (χ4n) is 3.75. The minimum absolute atomic E-state index is 0.217. The zero-order chi connectivity index (χ0) is 14.9. The second-order valence-corrected chi connectivity index (χ2v) is 6.64. The summed E-state index contributed by atoms with van der Waals surface area (Å²) in [5, 5.41) is 15.0. The van der Waals surface area contributed by atoms with E-state index in [2.05, 4.69) is 10.6 Å². The summed E-state index contributed by atoms with van der Waals surface area (Å²) in [4.78, 5) is 23.4. The van der Waals surface area contributed by atoms with Crippen LogP contribution >= 0.6 is 0 Å². The first-order valence-corrected chi connectivity index (χ1v) is 7.14. The number of methoxy groups -OCH3 is 1. The molecule has 0 spiro atoms. The Labute approximate surface area is 119 Å². The molecule has 0 aliphatic heterocycles. The Kier molecular flexibility index (Phi) is 4.22. The van der Waals surface area contributed by atoms with Gasteiger partial charge in [0.2, 0.25) is 0 Å². The van der Waals surface area contributed by atoms with E-state index in [1.807, 2.05) is 13.8 Å². The molecule has 2 amide bonds. The number of aliphatic carboxylic acids is 1. The van der Waals surface area contributed by atoms with Crippen LogP contribution < -0.4 is 10.6 Å². The fourth-order valence-corrected chi connectivity index (χ4v) is 3.75.